The van der Waals surface area contributed by atoms with Crippen molar-refractivity contribution in [2.24, 2.45) is 0 Å². The zero-order valence-corrected chi connectivity index (χ0v) is 76.1. The SMILES string of the molecule is O=C(O)/C=C/c1ccccc1-c1cncc(-c2ccccc2OCc2ccccc2)c1.O=C(O)CCc1ccccc1-c1cc(-c2ccccc2OCc2ccccc2)c(Cl)s1.O=C([O-])/C=C/c1ccccc1-c1cccc(-c2ccccc2OCc2ccccc2)c1.O=C([O-])CCc1ccccc1-c1cccc(-c2cc(Cl)cnc2OCc2ccccc2)c1.[Na+].[Na+]. The molecular weight excluding hydrogens is 1670 g/mol. The Kier molecular flexibility index (Phi) is 36.6. The first-order valence-electron chi connectivity index (χ1n) is 40.3. The fraction of sp³-hybridized carbons (Fsp3) is 0.0741. The predicted octanol–water partition coefficient (Wildman–Crippen LogP) is 18.1. The van der Waals surface area contributed by atoms with Crippen LogP contribution in [0.4, 0.5) is 0 Å². The quantitative estimate of drug-likeness (QED) is 0.0316. The summed E-state index contributed by atoms with van der Waals surface area (Å²) in [6, 6.07) is 117. The summed E-state index contributed by atoms with van der Waals surface area (Å²) in [7, 11) is 0. The first-order chi connectivity index (χ1) is 61.1. The Hall–Kier alpha value is -13.0. The number of aliphatic carboxylic acids is 4. The van der Waals surface area contributed by atoms with Crippen molar-refractivity contribution in [3.63, 3.8) is 0 Å². The summed E-state index contributed by atoms with van der Waals surface area (Å²) < 4.78 is 25.1. The maximum atomic E-state index is 11.0. The molecule has 16 rings (SSSR count). The molecule has 3 heterocycles. The summed E-state index contributed by atoms with van der Waals surface area (Å²) in [6.07, 6.45) is 11.5. The summed E-state index contributed by atoms with van der Waals surface area (Å²) >= 11 is 14.4. The Morgan fingerprint density at radius 2 is 0.717 bits per heavy atom. The minimum Gasteiger partial charge on any atom is -0.550 e. The van der Waals surface area contributed by atoms with Crippen molar-refractivity contribution in [3.8, 4) is 111 Å². The molecule has 13 aromatic carbocycles. The van der Waals surface area contributed by atoms with Crippen molar-refractivity contribution >= 4 is 70.6 Å². The van der Waals surface area contributed by atoms with Gasteiger partial charge in [-0.2, -0.15) is 0 Å². The van der Waals surface area contributed by atoms with Crippen LogP contribution in [0.25, 0.3) is 100 Å². The van der Waals surface area contributed by atoms with Gasteiger partial charge in [-0.25, -0.2) is 9.78 Å². The Morgan fingerprint density at radius 1 is 0.346 bits per heavy atom. The average molecular weight is 1750 g/mol. The number of carboxylic acid groups (broad SMARTS) is 4. The number of carbonyl (C=O) groups excluding carboxylic acids is 2. The van der Waals surface area contributed by atoms with Gasteiger partial charge in [0.05, 0.1) is 11.0 Å². The van der Waals surface area contributed by atoms with Crippen molar-refractivity contribution in [1.29, 1.82) is 0 Å². The second kappa shape index (κ2) is 49.0. The number of hydrogen-bond acceptors (Lipinski definition) is 13. The molecule has 2 N–H and O–H groups in total. The summed E-state index contributed by atoms with van der Waals surface area (Å²) in [5, 5.41) is 40.4. The summed E-state index contributed by atoms with van der Waals surface area (Å²) in [5.41, 5.74) is 22.2. The molecule has 0 unspecified atom stereocenters. The summed E-state index contributed by atoms with van der Waals surface area (Å²) in [5.74, 6) is -1.18. The monoisotopic (exact) mass is 1750 g/mol. The van der Waals surface area contributed by atoms with Crippen LogP contribution in [0.3, 0.4) is 0 Å². The Morgan fingerprint density at radius 3 is 1.21 bits per heavy atom. The molecule has 3 aromatic heterocycles. The van der Waals surface area contributed by atoms with E-state index < -0.39 is 23.9 Å². The molecule has 0 aliphatic rings. The zero-order chi connectivity index (χ0) is 86.9. The molecule has 0 bridgehead atoms. The maximum absolute atomic E-state index is 11.0. The van der Waals surface area contributed by atoms with Crippen molar-refractivity contribution in [2.45, 2.75) is 52.1 Å². The minimum atomic E-state index is -1.21. The molecule has 0 aliphatic heterocycles. The molecule has 19 heteroatoms. The van der Waals surface area contributed by atoms with Crippen LogP contribution >= 0.6 is 34.5 Å². The van der Waals surface area contributed by atoms with Crippen molar-refractivity contribution < 1.29 is 118 Å². The number of thiophene rings is 1. The van der Waals surface area contributed by atoms with E-state index in [0.717, 1.165) is 162 Å². The Balaban J connectivity index is 0.000000163. The summed E-state index contributed by atoms with van der Waals surface area (Å²) in [6.45, 7) is 1.85. The van der Waals surface area contributed by atoms with Gasteiger partial charge in [0.2, 0.25) is 5.88 Å². The predicted molar refractivity (Wildman–Crippen MR) is 496 cm³/mol. The number of halogens is 2. The second-order valence-electron chi connectivity index (χ2n) is 28.6. The third-order valence-electron chi connectivity index (χ3n) is 19.9. The van der Waals surface area contributed by atoms with Gasteiger partial charge in [-0.05, 0) is 169 Å². The number of aryl methyl sites for hydroxylation is 2. The van der Waals surface area contributed by atoms with E-state index >= 15 is 0 Å². The molecule has 16 aromatic rings. The standard InChI is InChI=1S/C28H22O3.C27H22ClNO3.C27H21NO3.C26H21ClO3S.2Na/c29-28(30)18-17-22-11-4-5-14-25(22)23-12-8-13-24(19-23)26-15-6-7-16-27(26)31-20-21-9-2-1-3-10-21;28-23-16-25(27(29-17-23)32-18-19-7-2-1-3-8-19)22-11-6-10-21(15-22)24-12-5-4-9-20(24)13-14-26(30)31;29-27(30)15-14-21-10-4-5-11-24(21)22-16-23(18-28-17-22)25-12-6-7-13-26(25)31-19-20-8-2-1-3-9-20;27-26-22(16-24(31-26)20-11-5-4-10-19(20)14-15-25(28)29)21-12-6-7-13-23(21)30-17-18-8-2-1-3-9-18;;/h1-19H,20H2,(H,29,30);1-12,15-17H,13-14,18H2,(H,30,31);1-18H,19H2,(H,29,30);1-13,16H,14-15,17H2,(H,28,29);;/q;;;;2*+1/p-2/b18-17+;;15-14+;;;. The number of carboxylic acids is 4. The van der Waals surface area contributed by atoms with Gasteiger partial charge in [0.1, 0.15) is 48.0 Å². The van der Waals surface area contributed by atoms with Gasteiger partial charge in [-0.1, -0.05) is 339 Å². The van der Waals surface area contributed by atoms with Gasteiger partial charge in [-0.15, -0.1) is 11.3 Å². The van der Waals surface area contributed by atoms with Gasteiger partial charge in [0.25, 0.3) is 0 Å². The van der Waals surface area contributed by atoms with Crippen LogP contribution in [0.15, 0.2) is 389 Å². The number of aromatic nitrogens is 2. The number of rotatable bonds is 30. The number of para-hydroxylation sites is 3. The number of hydrogen-bond donors (Lipinski definition) is 2. The van der Waals surface area contributed by atoms with Crippen LogP contribution in [-0.2, 0) is 58.4 Å². The van der Waals surface area contributed by atoms with Crippen molar-refractivity contribution in [1.82, 2.24) is 9.97 Å². The zero-order valence-electron chi connectivity index (χ0n) is 69.8. The van der Waals surface area contributed by atoms with Crippen LogP contribution in [-0.4, -0.2) is 44.1 Å². The number of pyridine rings is 2. The van der Waals surface area contributed by atoms with Gasteiger partial charge >= 0.3 is 71.1 Å². The molecule has 127 heavy (non-hydrogen) atoms. The molecule has 620 valence electrons. The molecule has 0 amide bonds. The fourth-order valence-corrected chi connectivity index (χ4v) is 15.4. The number of nitrogens with zero attached hydrogens (tertiary/aromatic N) is 2. The van der Waals surface area contributed by atoms with Gasteiger partial charge in [-0.3, -0.25) is 9.78 Å². The van der Waals surface area contributed by atoms with E-state index in [9.17, 15) is 29.4 Å². The van der Waals surface area contributed by atoms with Gasteiger partial charge in [0, 0.05) is 80.9 Å². The molecule has 0 spiro atoms. The normalized spacial score (nSPS) is 10.6. The average Bonchev–Trinajstić information content (AvgIpc) is 1.71. The van der Waals surface area contributed by atoms with Crippen LogP contribution < -0.4 is 88.3 Å². The third-order valence-corrected chi connectivity index (χ3v) is 21.5. The maximum Gasteiger partial charge on any atom is 1.00 e. The number of benzene rings is 13. The number of carbonyl (C=O) groups is 4. The fourth-order valence-electron chi connectivity index (χ4n) is 13.9. The van der Waals surface area contributed by atoms with Crippen LogP contribution in [0.2, 0.25) is 9.36 Å². The van der Waals surface area contributed by atoms with E-state index in [4.69, 9.17) is 52.4 Å². The Bertz CT molecular complexity index is 6200. The van der Waals surface area contributed by atoms with Crippen LogP contribution in [0.1, 0.15) is 57.3 Å². The first kappa shape index (κ1) is 94.7. The topological polar surface area (TPSA) is 218 Å². The molecule has 14 nitrogen and oxygen atoms in total. The van der Waals surface area contributed by atoms with E-state index in [1.54, 1.807) is 24.5 Å². The minimum absolute atomic E-state index is 0. The molecule has 0 saturated heterocycles. The molecule has 0 aliphatic carbocycles. The smallest absolute Gasteiger partial charge is 0.550 e. The Labute approximate surface area is 797 Å². The van der Waals surface area contributed by atoms with E-state index in [1.807, 2.05) is 352 Å². The van der Waals surface area contributed by atoms with E-state index in [1.165, 1.54) is 11.3 Å². The molecule has 0 saturated carbocycles. The van der Waals surface area contributed by atoms with Crippen LogP contribution in [0.5, 0.6) is 23.1 Å². The van der Waals surface area contributed by atoms with Crippen LogP contribution in [0, 0.1) is 0 Å². The largest absolute Gasteiger partial charge is 1.00 e. The van der Waals surface area contributed by atoms with Crippen molar-refractivity contribution in [2.75, 3.05) is 0 Å². The molecule has 0 atom stereocenters. The van der Waals surface area contributed by atoms with E-state index in [0.29, 0.717) is 54.5 Å². The first-order valence-corrected chi connectivity index (χ1v) is 41.8. The molecule has 0 fully saturated rings. The van der Waals surface area contributed by atoms with E-state index in [2.05, 4.69) is 22.1 Å². The van der Waals surface area contributed by atoms with E-state index in [-0.39, 0.29) is 72.0 Å². The van der Waals surface area contributed by atoms with Gasteiger partial charge < -0.3 is 49.0 Å². The number of ether oxygens (including phenoxy) is 4. The second-order valence-corrected chi connectivity index (χ2v) is 30.7. The van der Waals surface area contributed by atoms with Crippen molar-refractivity contribution in [3.05, 3.63) is 443 Å². The van der Waals surface area contributed by atoms with Gasteiger partial charge in [0.15, 0.2) is 0 Å². The summed E-state index contributed by atoms with van der Waals surface area (Å²) in [4.78, 5) is 53.6. The third kappa shape index (κ3) is 28.0. The molecular formula is C108H84Cl2N2Na2O12S. The molecule has 0 radical (unpaired) electrons.